The van der Waals surface area contributed by atoms with Gasteiger partial charge in [-0.15, -0.1) is 0 Å². The lowest BCUT2D eigenvalue weighted by molar-refractivity contribution is 0.00578. The van der Waals surface area contributed by atoms with Crippen LogP contribution in [-0.2, 0) is 9.31 Å². The van der Waals surface area contributed by atoms with E-state index < -0.39 is 32.2 Å². The molecule has 6 heteroatoms. The first-order valence-electron chi connectivity index (χ1n) is 8.18. The van der Waals surface area contributed by atoms with Crippen LogP contribution >= 0.6 is 11.3 Å². The Labute approximate surface area is 115 Å². The van der Waals surface area contributed by atoms with Crippen molar-refractivity contribution in [3.05, 3.63) is 4.88 Å². The Morgan fingerprint density at radius 2 is 1.94 bits per heavy atom. The molecule has 1 saturated heterocycles. The highest BCUT2D eigenvalue weighted by atomic mass is 32.1. The molecule has 1 aromatic heterocycles. The molecule has 2 rings (SSSR count). The van der Waals surface area contributed by atoms with Gasteiger partial charge in [-0.2, -0.15) is 0 Å². The summed E-state index contributed by atoms with van der Waals surface area (Å²) in [5, 5.41) is -0.249. The lowest BCUT2D eigenvalue weighted by atomic mass is 9.84. The summed E-state index contributed by atoms with van der Waals surface area (Å²) in [5.74, 6) is 0. The zero-order valence-electron chi connectivity index (χ0n) is 16.2. The normalized spacial score (nSPS) is 28.6. The van der Waals surface area contributed by atoms with Crippen molar-refractivity contribution in [2.45, 2.75) is 45.7 Å². The van der Waals surface area contributed by atoms with Gasteiger partial charge in [0.05, 0.1) is 27.9 Å². The molecule has 94 valence electrons. The standard InChI is InChI=1S/C11H18BNO3S/c1-7-8(13-9(14-6)17-7)12-15-10(2,3)11(4,5)16-12/h1-6H3/i1D3,6D3. The summed E-state index contributed by atoms with van der Waals surface area (Å²) in [4.78, 5) is 3.90. The number of hydrogen-bond donors (Lipinski definition) is 0. The Morgan fingerprint density at radius 3 is 2.47 bits per heavy atom. The second-order valence-electron chi connectivity index (χ2n) is 4.88. The molecule has 0 atom stereocenters. The van der Waals surface area contributed by atoms with Gasteiger partial charge >= 0.3 is 7.12 Å². The monoisotopic (exact) mass is 261 g/mol. The highest BCUT2D eigenvalue weighted by molar-refractivity contribution is 7.14. The van der Waals surface area contributed by atoms with Crippen molar-refractivity contribution in [1.29, 1.82) is 0 Å². The average molecular weight is 261 g/mol. The van der Waals surface area contributed by atoms with E-state index in [2.05, 4.69) is 4.98 Å². The second-order valence-corrected chi connectivity index (χ2v) is 5.85. The maximum Gasteiger partial charge on any atom is 0.515 e. The van der Waals surface area contributed by atoms with Crippen molar-refractivity contribution in [1.82, 2.24) is 4.98 Å². The van der Waals surface area contributed by atoms with E-state index in [9.17, 15) is 0 Å². The van der Waals surface area contributed by atoms with E-state index in [1.807, 2.05) is 27.7 Å². The number of ether oxygens (including phenoxy) is 1. The quantitative estimate of drug-likeness (QED) is 0.761. The summed E-state index contributed by atoms with van der Waals surface area (Å²) in [6.45, 7) is 4.83. The van der Waals surface area contributed by atoms with Gasteiger partial charge in [0.15, 0.2) is 0 Å². The molecular weight excluding hydrogens is 237 g/mol. The second kappa shape index (κ2) is 3.97. The Balaban J connectivity index is 2.42. The Bertz CT molecular complexity index is 582. The van der Waals surface area contributed by atoms with Crippen LogP contribution in [0.2, 0.25) is 0 Å². The molecule has 4 nitrogen and oxygen atoms in total. The molecule has 17 heavy (non-hydrogen) atoms. The van der Waals surface area contributed by atoms with Crippen molar-refractivity contribution in [3.63, 3.8) is 0 Å². The summed E-state index contributed by atoms with van der Waals surface area (Å²) in [7, 11) is -3.71. The molecule has 1 aliphatic heterocycles. The van der Waals surface area contributed by atoms with Gasteiger partial charge in [0.25, 0.3) is 5.19 Å². The Hall–Kier alpha value is -0.585. The van der Waals surface area contributed by atoms with Crippen LogP contribution in [0, 0.1) is 6.85 Å². The van der Waals surface area contributed by atoms with E-state index in [-0.39, 0.29) is 15.7 Å². The van der Waals surface area contributed by atoms with Crippen LogP contribution < -0.4 is 10.3 Å². The predicted molar refractivity (Wildman–Crippen MR) is 69.1 cm³/mol. The first kappa shape index (κ1) is 7.11. The molecule has 0 spiro atoms. The van der Waals surface area contributed by atoms with Gasteiger partial charge in [-0.25, -0.2) is 4.98 Å². The van der Waals surface area contributed by atoms with Gasteiger partial charge in [-0.1, -0.05) is 11.3 Å². The van der Waals surface area contributed by atoms with Gasteiger partial charge in [-0.05, 0) is 34.5 Å². The third-order valence-electron chi connectivity index (χ3n) is 3.20. The molecule has 0 radical (unpaired) electrons. The molecule has 0 N–H and O–H groups in total. The van der Waals surface area contributed by atoms with Crippen LogP contribution in [0.25, 0.3) is 0 Å². The van der Waals surface area contributed by atoms with Crippen molar-refractivity contribution in [3.8, 4) is 5.19 Å². The van der Waals surface area contributed by atoms with E-state index in [1.54, 1.807) is 0 Å². The van der Waals surface area contributed by atoms with E-state index >= 15 is 0 Å². The fraction of sp³-hybridized carbons (Fsp3) is 0.727. The molecule has 1 aromatic rings. The minimum Gasteiger partial charge on any atom is -0.473 e. The molecule has 0 amide bonds. The molecular formula is C11H18BNO3S. The van der Waals surface area contributed by atoms with Crippen molar-refractivity contribution < 1.29 is 22.3 Å². The summed E-state index contributed by atoms with van der Waals surface area (Å²) in [5.41, 5.74) is -1.30. The van der Waals surface area contributed by atoms with E-state index in [0.717, 1.165) is 0 Å². The highest BCUT2D eigenvalue weighted by Crippen LogP contribution is 2.37. The van der Waals surface area contributed by atoms with Gasteiger partial charge in [0, 0.05) is 8.99 Å². The first-order valence-corrected chi connectivity index (χ1v) is 6.00. The maximum absolute atomic E-state index is 7.62. The molecule has 1 aliphatic rings. The van der Waals surface area contributed by atoms with Crippen LogP contribution in [0.15, 0.2) is 0 Å². The first-order chi connectivity index (χ1) is 10.1. The average Bonchev–Trinajstić information content (AvgIpc) is 2.76. The summed E-state index contributed by atoms with van der Waals surface area (Å²) >= 11 is 0.665. The van der Waals surface area contributed by atoms with Crippen LogP contribution in [0.5, 0.6) is 5.19 Å². The topological polar surface area (TPSA) is 40.6 Å². The largest absolute Gasteiger partial charge is 0.515 e. The zero-order chi connectivity index (χ0) is 17.8. The SMILES string of the molecule is [2H]C([2H])([2H])Oc1nc(B2OC(C)(C)C(C)(C)O2)c(C([2H])([2H])[2H])s1. The van der Waals surface area contributed by atoms with Crippen LogP contribution in [-0.4, -0.2) is 30.3 Å². The number of thiazole rings is 1. The van der Waals surface area contributed by atoms with Gasteiger partial charge in [0.1, 0.15) is 0 Å². The number of methoxy groups -OCH3 is 1. The number of hydrogen-bond acceptors (Lipinski definition) is 5. The summed E-state index contributed by atoms with van der Waals surface area (Å²) in [6.07, 6.45) is 0. The highest BCUT2D eigenvalue weighted by Gasteiger charge is 2.53. The van der Waals surface area contributed by atoms with E-state index in [4.69, 9.17) is 22.3 Å². The van der Waals surface area contributed by atoms with Crippen molar-refractivity contribution in [2.75, 3.05) is 7.04 Å². The minimum atomic E-state index is -2.71. The summed E-state index contributed by atoms with van der Waals surface area (Å²) < 4.78 is 60.5. The summed E-state index contributed by atoms with van der Waals surface area (Å²) in [6, 6.07) is 0. The third kappa shape index (κ3) is 2.09. The molecule has 0 bridgehead atoms. The number of aryl methyl sites for hydroxylation is 1. The molecule has 2 heterocycles. The maximum atomic E-state index is 7.62. The van der Waals surface area contributed by atoms with E-state index in [1.165, 1.54) is 0 Å². The minimum absolute atomic E-state index is 0.0351. The van der Waals surface area contributed by atoms with Gasteiger partial charge in [-0.3, -0.25) is 0 Å². The molecule has 0 saturated carbocycles. The van der Waals surface area contributed by atoms with Crippen molar-refractivity contribution >= 4 is 24.0 Å². The smallest absolute Gasteiger partial charge is 0.473 e. The fourth-order valence-electron chi connectivity index (χ4n) is 1.47. The lowest BCUT2D eigenvalue weighted by Gasteiger charge is -2.32. The number of rotatable bonds is 2. The van der Waals surface area contributed by atoms with Crippen LogP contribution in [0.4, 0.5) is 0 Å². The molecule has 0 unspecified atom stereocenters. The number of aromatic nitrogens is 1. The van der Waals surface area contributed by atoms with E-state index in [0.29, 0.717) is 11.3 Å². The number of nitrogens with zero attached hydrogens (tertiary/aromatic N) is 1. The van der Waals surface area contributed by atoms with Gasteiger partial charge < -0.3 is 14.0 Å². The fourth-order valence-corrected chi connectivity index (χ4v) is 2.08. The zero-order valence-corrected chi connectivity index (χ0v) is 11.0. The Morgan fingerprint density at radius 1 is 1.29 bits per heavy atom. The van der Waals surface area contributed by atoms with Gasteiger partial charge in [0.2, 0.25) is 0 Å². The molecule has 1 fully saturated rings. The lowest BCUT2D eigenvalue weighted by Crippen LogP contribution is -2.41. The molecule has 0 aliphatic carbocycles. The Kier molecular flexibility index (Phi) is 1.66. The predicted octanol–water partition coefficient (Wildman–Crippen LogP) is 1.76. The van der Waals surface area contributed by atoms with Crippen LogP contribution in [0.3, 0.4) is 0 Å². The molecule has 0 aromatic carbocycles. The third-order valence-corrected chi connectivity index (χ3v) is 3.96. The van der Waals surface area contributed by atoms with Crippen molar-refractivity contribution in [2.24, 2.45) is 0 Å². The van der Waals surface area contributed by atoms with Crippen LogP contribution in [0.1, 0.15) is 40.8 Å².